The van der Waals surface area contributed by atoms with Crippen molar-refractivity contribution in [2.75, 3.05) is 0 Å². The van der Waals surface area contributed by atoms with Gasteiger partial charge in [0.15, 0.2) is 0 Å². The first kappa shape index (κ1) is 13.9. The third kappa shape index (κ3) is 3.94. The van der Waals surface area contributed by atoms with Gasteiger partial charge >= 0.3 is 5.97 Å². The number of carbonyl (C=O) groups is 2. The van der Waals surface area contributed by atoms with Crippen LogP contribution in [0.15, 0.2) is 0 Å². The van der Waals surface area contributed by atoms with E-state index in [1.54, 1.807) is 13.8 Å². The van der Waals surface area contributed by atoms with Crippen molar-refractivity contribution in [3.05, 3.63) is 0 Å². The van der Waals surface area contributed by atoms with E-state index in [0.717, 1.165) is 0 Å². The van der Waals surface area contributed by atoms with Crippen molar-refractivity contribution < 1.29 is 23.5 Å². The van der Waals surface area contributed by atoms with Gasteiger partial charge in [0.25, 0.3) is 0 Å². The normalized spacial score (nSPS) is 20.8. The first-order chi connectivity index (χ1) is 7.71. The Kier molecular flexibility index (Phi) is 4.06. The van der Waals surface area contributed by atoms with E-state index >= 15 is 0 Å². The van der Waals surface area contributed by atoms with Gasteiger partial charge in [-0.05, 0) is 11.8 Å². The van der Waals surface area contributed by atoms with E-state index in [2.05, 4.69) is 5.32 Å². The maximum atomic E-state index is 12.5. The van der Waals surface area contributed by atoms with Gasteiger partial charge in [0.05, 0.1) is 0 Å². The minimum absolute atomic E-state index is 0.0217. The second kappa shape index (κ2) is 4.98. The number of nitrogens with one attached hydrogen (secondary N) is 1. The molecule has 1 unspecified atom stereocenters. The molecular formula is C11H17F2NO3. The Labute approximate surface area is 98.4 Å². The van der Waals surface area contributed by atoms with Gasteiger partial charge in [-0.25, -0.2) is 13.6 Å². The standard InChI is InChI=1S/C11H17F2NO3/c1-6(2)9(10(16)17)14-8(15)3-7-4-11(12,13)5-7/h6-7,9H,3-5H2,1-2H3,(H,14,15)(H,16,17). The summed E-state index contributed by atoms with van der Waals surface area (Å²) in [7, 11) is 0. The van der Waals surface area contributed by atoms with Crippen LogP contribution in [-0.2, 0) is 9.59 Å². The number of carboxylic acids is 1. The summed E-state index contributed by atoms with van der Waals surface area (Å²) < 4.78 is 25.1. The molecule has 1 fully saturated rings. The van der Waals surface area contributed by atoms with E-state index in [9.17, 15) is 18.4 Å². The van der Waals surface area contributed by atoms with E-state index in [1.165, 1.54) is 0 Å². The lowest BCUT2D eigenvalue weighted by atomic mass is 9.79. The first-order valence-corrected chi connectivity index (χ1v) is 5.61. The van der Waals surface area contributed by atoms with Crippen LogP contribution in [0, 0.1) is 11.8 Å². The van der Waals surface area contributed by atoms with Crippen molar-refractivity contribution in [1.82, 2.24) is 5.32 Å². The van der Waals surface area contributed by atoms with Gasteiger partial charge in [0.2, 0.25) is 11.8 Å². The average Bonchev–Trinajstić information content (AvgIpc) is 2.10. The van der Waals surface area contributed by atoms with Crippen LogP contribution in [0.5, 0.6) is 0 Å². The second-order valence-corrected chi connectivity index (χ2v) is 4.96. The highest BCUT2D eigenvalue weighted by molar-refractivity contribution is 5.83. The summed E-state index contributed by atoms with van der Waals surface area (Å²) in [5.41, 5.74) is 0. The van der Waals surface area contributed by atoms with Gasteiger partial charge in [-0.3, -0.25) is 4.79 Å². The largest absolute Gasteiger partial charge is 0.480 e. The maximum Gasteiger partial charge on any atom is 0.326 e. The third-order valence-electron chi connectivity index (χ3n) is 2.90. The Balaban J connectivity index is 2.36. The van der Waals surface area contributed by atoms with Crippen molar-refractivity contribution in [2.24, 2.45) is 11.8 Å². The molecule has 4 nitrogen and oxygen atoms in total. The molecule has 17 heavy (non-hydrogen) atoms. The van der Waals surface area contributed by atoms with Gasteiger partial charge in [-0.15, -0.1) is 0 Å². The molecule has 0 aromatic heterocycles. The summed E-state index contributed by atoms with van der Waals surface area (Å²) in [5, 5.41) is 11.2. The Morgan fingerprint density at radius 3 is 2.29 bits per heavy atom. The summed E-state index contributed by atoms with van der Waals surface area (Å²) in [6, 6.07) is -0.955. The topological polar surface area (TPSA) is 66.4 Å². The molecule has 0 radical (unpaired) electrons. The number of rotatable bonds is 5. The van der Waals surface area contributed by atoms with E-state index in [0.29, 0.717) is 0 Å². The van der Waals surface area contributed by atoms with Crippen LogP contribution in [0.3, 0.4) is 0 Å². The molecule has 1 rings (SSSR count). The number of halogens is 2. The molecule has 1 saturated carbocycles. The van der Waals surface area contributed by atoms with Crippen molar-refractivity contribution in [3.63, 3.8) is 0 Å². The van der Waals surface area contributed by atoms with E-state index in [1.807, 2.05) is 0 Å². The van der Waals surface area contributed by atoms with Gasteiger partial charge in [-0.2, -0.15) is 0 Å². The van der Waals surface area contributed by atoms with E-state index in [-0.39, 0.29) is 31.1 Å². The summed E-state index contributed by atoms with van der Waals surface area (Å²) in [6.45, 7) is 3.35. The fourth-order valence-electron chi connectivity index (χ4n) is 1.94. The molecule has 6 heteroatoms. The molecule has 2 N–H and O–H groups in total. The summed E-state index contributed by atoms with van der Waals surface area (Å²) in [5.74, 6) is -4.78. The Bertz CT molecular complexity index is 310. The quantitative estimate of drug-likeness (QED) is 0.778. The number of hydrogen-bond donors (Lipinski definition) is 2. The lowest BCUT2D eigenvalue weighted by Crippen LogP contribution is -2.46. The molecule has 1 aliphatic rings. The number of carboxylic acid groups (broad SMARTS) is 1. The zero-order chi connectivity index (χ0) is 13.2. The van der Waals surface area contributed by atoms with Crippen molar-refractivity contribution in [3.8, 4) is 0 Å². The van der Waals surface area contributed by atoms with E-state index in [4.69, 9.17) is 5.11 Å². The van der Waals surface area contributed by atoms with Gasteiger partial charge in [0.1, 0.15) is 6.04 Å². The molecule has 0 saturated heterocycles. The SMILES string of the molecule is CC(C)C(NC(=O)CC1CC(F)(F)C1)C(=O)O. The van der Waals surface area contributed by atoms with Crippen LogP contribution in [0.4, 0.5) is 8.78 Å². The predicted octanol–water partition coefficient (Wildman–Crippen LogP) is 1.65. The lowest BCUT2D eigenvalue weighted by molar-refractivity contribution is -0.145. The van der Waals surface area contributed by atoms with Crippen LogP contribution in [0.1, 0.15) is 33.1 Å². The van der Waals surface area contributed by atoms with E-state index < -0.39 is 23.8 Å². The van der Waals surface area contributed by atoms with Crippen LogP contribution < -0.4 is 5.32 Å². The highest BCUT2D eigenvalue weighted by Gasteiger charge is 2.45. The molecule has 1 aliphatic carbocycles. The molecule has 0 spiro atoms. The molecule has 0 bridgehead atoms. The number of carbonyl (C=O) groups excluding carboxylic acids is 1. The van der Waals surface area contributed by atoms with Crippen molar-refractivity contribution >= 4 is 11.9 Å². The average molecular weight is 249 g/mol. The molecule has 1 amide bonds. The molecule has 0 aromatic carbocycles. The fraction of sp³-hybridized carbons (Fsp3) is 0.818. The van der Waals surface area contributed by atoms with Gasteiger partial charge < -0.3 is 10.4 Å². The molecule has 0 aromatic rings. The maximum absolute atomic E-state index is 12.5. The molecule has 0 aliphatic heterocycles. The van der Waals surface area contributed by atoms with Crippen LogP contribution in [-0.4, -0.2) is 28.9 Å². The second-order valence-electron chi connectivity index (χ2n) is 4.96. The van der Waals surface area contributed by atoms with Crippen LogP contribution in [0.2, 0.25) is 0 Å². The molecule has 1 atom stereocenters. The zero-order valence-corrected chi connectivity index (χ0v) is 9.87. The monoisotopic (exact) mass is 249 g/mol. The predicted molar refractivity (Wildman–Crippen MR) is 56.7 cm³/mol. The van der Waals surface area contributed by atoms with Crippen LogP contribution in [0.25, 0.3) is 0 Å². The van der Waals surface area contributed by atoms with Crippen molar-refractivity contribution in [2.45, 2.75) is 45.1 Å². The lowest BCUT2D eigenvalue weighted by Gasteiger charge is -2.34. The first-order valence-electron chi connectivity index (χ1n) is 5.61. The minimum atomic E-state index is -2.64. The summed E-state index contributed by atoms with van der Waals surface area (Å²) in [6.07, 6.45) is -0.578. The number of hydrogen-bond acceptors (Lipinski definition) is 2. The minimum Gasteiger partial charge on any atom is -0.480 e. The Hall–Kier alpha value is -1.20. The molecule has 98 valence electrons. The number of aliphatic carboxylic acids is 1. The molecular weight excluding hydrogens is 232 g/mol. The highest BCUT2D eigenvalue weighted by atomic mass is 19.3. The number of amides is 1. The Morgan fingerprint density at radius 2 is 1.94 bits per heavy atom. The van der Waals surface area contributed by atoms with Gasteiger partial charge in [0, 0.05) is 19.3 Å². The zero-order valence-electron chi connectivity index (χ0n) is 9.87. The molecule has 0 heterocycles. The van der Waals surface area contributed by atoms with Crippen molar-refractivity contribution in [1.29, 1.82) is 0 Å². The number of alkyl halides is 2. The summed E-state index contributed by atoms with van der Waals surface area (Å²) in [4.78, 5) is 22.3. The van der Waals surface area contributed by atoms with Crippen LogP contribution >= 0.6 is 0 Å². The van der Waals surface area contributed by atoms with Gasteiger partial charge in [-0.1, -0.05) is 13.8 Å². The third-order valence-corrected chi connectivity index (χ3v) is 2.90. The fourth-order valence-corrected chi connectivity index (χ4v) is 1.94. The Morgan fingerprint density at radius 1 is 1.41 bits per heavy atom. The summed E-state index contributed by atoms with van der Waals surface area (Å²) >= 11 is 0. The highest BCUT2D eigenvalue weighted by Crippen LogP contribution is 2.43. The smallest absolute Gasteiger partial charge is 0.326 e.